The van der Waals surface area contributed by atoms with Crippen LogP contribution in [0, 0.1) is 0 Å². The summed E-state index contributed by atoms with van der Waals surface area (Å²) in [6, 6.07) is 13.2. The van der Waals surface area contributed by atoms with Gasteiger partial charge >= 0.3 is 0 Å². The number of imidazole rings is 1. The summed E-state index contributed by atoms with van der Waals surface area (Å²) in [5.74, 6) is 1.28. The summed E-state index contributed by atoms with van der Waals surface area (Å²) in [7, 11) is -0.254. The van der Waals surface area contributed by atoms with Crippen molar-refractivity contribution in [2.45, 2.75) is 25.4 Å². The maximum absolute atomic E-state index is 13.2. The van der Waals surface area contributed by atoms with Gasteiger partial charge in [0.05, 0.1) is 37.3 Å². The van der Waals surface area contributed by atoms with E-state index in [0.717, 1.165) is 29.4 Å². The highest BCUT2D eigenvalue weighted by atomic mass is 32.2. The molecule has 2 heterocycles. The van der Waals surface area contributed by atoms with Crippen LogP contribution in [0.1, 0.15) is 24.4 Å². The molecule has 0 N–H and O–H groups in total. The standard InChI is InChI=1S/C21H25N3O4S/c1-27-20-10-9-16(14-21(20)28-2)18-8-5-11-24(18)29(25,26)13-12-23-15-22-17-6-3-4-7-19(17)23/h3-4,6-7,9-10,14-15,18H,5,8,11-13H2,1-2H3/t18-/m0/s1. The van der Waals surface area contributed by atoms with Crippen LogP contribution < -0.4 is 9.47 Å². The quantitative estimate of drug-likeness (QED) is 0.592. The van der Waals surface area contributed by atoms with Crippen LogP contribution in [0.5, 0.6) is 11.5 Å². The van der Waals surface area contributed by atoms with Gasteiger partial charge in [-0.2, -0.15) is 4.31 Å². The Morgan fingerprint density at radius 1 is 1.10 bits per heavy atom. The van der Waals surface area contributed by atoms with Crippen LogP contribution in [0.3, 0.4) is 0 Å². The molecule has 0 radical (unpaired) electrons. The summed E-state index contributed by atoms with van der Waals surface area (Å²) in [6.07, 6.45) is 3.34. The molecule has 154 valence electrons. The highest BCUT2D eigenvalue weighted by Gasteiger charge is 2.35. The van der Waals surface area contributed by atoms with E-state index in [2.05, 4.69) is 4.98 Å². The lowest BCUT2D eigenvalue weighted by molar-refractivity contribution is 0.351. The van der Waals surface area contributed by atoms with Crippen molar-refractivity contribution in [1.82, 2.24) is 13.9 Å². The summed E-state index contributed by atoms with van der Waals surface area (Å²) in [5, 5.41) is 0. The number of methoxy groups -OCH3 is 2. The third-order valence-corrected chi connectivity index (χ3v) is 7.32. The average Bonchev–Trinajstić information content (AvgIpc) is 3.39. The third-order valence-electron chi connectivity index (χ3n) is 5.47. The number of nitrogens with zero attached hydrogens (tertiary/aromatic N) is 3. The second-order valence-corrected chi connectivity index (χ2v) is 9.17. The summed E-state index contributed by atoms with van der Waals surface area (Å²) in [6.45, 7) is 0.907. The van der Waals surface area contributed by atoms with Gasteiger partial charge in [-0.1, -0.05) is 18.2 Å². The minimum atomic E-state index is -3.42. The molecule has 2 aromatic carbocycles. The van der Waals surface area contributed by atoms with Gasteiger partial charge in [-0.15, -0.1) is 0 Å². The average molecular weight is 416 g/mol. The second kappa shape index (κ2) is 8.04. The van der Waals surface area contributed by atoms with E-state index in [-0.39, 0.29) is 11.8 Å². The molecule has 1 aliphatic rings. The molecule has 8 heteroatoms. The number of hydrogen-bond acceptors (Lipinski definition) is 5. The number of rotatable bonds is 7. The van der Waals surface area contributed by atoms with Gasteiger partial charge in [0.2, 0.25) is 10.0 Å². The van der Waals surface area contributed by atoms with E-state index >= 15 is 0 Å². The van der Waals surface area contributed by atoms with Gasteiger partial charge in [0.15, 0.2) is 11.5 Å². The molecular weight excluding hydrogens is 390 g/mol. The first kappa shape index (κ1) is 19.7. The summed E-state index contributed by atoms with van der Waals surface area (Å²) in [4.78, 5) is 4.34. The Morgan fingerprint density at radius 2 is 1.90 bits per heavy atom. The smallest absolute Gasteiger partial charge is 0.216 e. The number of fused-ring (bicyclic) bond motifs is 1. The minimum Gasteiger partial charge on any atom is -0.493 e. The summed E-state index contributed by atoms with van der Waals surface area (Å²) in [5.41, 5.74) is 2.74. The number of benzene rings is 2. The molecule has 0 saturated carbocycles. The molecule has 1 saturated heterocycles. The fraction of sp³-hybridized carbons (Fsp3) is 0.381. The largest absolute Gasteiger partial charge is 0.493 e. The topological polar surface area (TPSA) is 73.7 Å². The minimum absolute atomic E-state index is 0.0388. The van der Waals surface area contributed by atoms with Gasteiger partial charge in [-0.05, 0) is 42.7 Å². The molecule has 0 amide bonds. The monoisotopic (exact) mass is 415 g/mol. The van der Waals surface area contributed by atoms with Crippen LogP contribution >= 0.6 is 0 Å². The molecule has 29 heavy (non-hydrogen) atoms. The normalized spacial score (nSPS) is 17.7. The Labute approximate surface area is 170 Å². The van der Waals surface area contributed by atoms with Crippen LogP contribution in [0.25, 0.3) is 11.0 Å². The Morgan fingerprint density at radius 3 is 2.69 bits per heavy atom. The highest BCUT2D eigenvalue weighted by molar-refractivity contribution is 7.89. The van der Waals surface area contributed by atoms with Crippen LogP contribution in [0.2, 0.25) is 0 Å². The van der Waals surface area contributed by atoms with E-state index < -0.39 is 10.0 Å². The van der Waals surface area contributed by atoms with Crippen molar-refractivity contribution >= 4 is 21.1 Å². The highest BCUT2D eigenvalue weighted by Crippen LogP contribution is 2.38. The Balaban J connectivity index is 1.54. The molecule has 1 atom stereocenters. The van der Waals surface area contributed by atoms with Crippen LogP contribution in [-0.4, -0.2) is 48.8 Å². The zero-order valence-electron chi connectivity index (χ0n) is 16.6. The van der Waals surface area contributed by atoms with Crippen molar-refractivity contribution in [1.29, 1.82) is 0 Å². The van der Waals surface area contributed by atoms with E-state index in [0.29, 0.717) is 24.6 Å². The fourth-order valence-electron chi connectivity index (χ4n) is 3.99. The summed E-state index contributed by atoms with van der Waals surface area (Å²) >= 11 is 0. The van der Waals surface area contributed by atoms with Gasteiger partial charge in [-0.3, -0.25) is 0 Å². The number of sulfonamides is 1. The lowest BCUT2D eigenvalue weighted by Crippen LogP contribution is -2.33. The molecule has 4 rings (SSSR count). The fourth-order valence-corrected chi connectivity index (χ4v) is 5.67. The lowest BCUT2D eigenvalue weighted by Gasteiger charge is -2.25. The van der Waals surface area contributed by atoms with E-state index in [1.165, 1.54) is 0 Å². The van der Waals surface area contributed by atoms with E-state index in [4.69, 9.17) is 9.47 Å². The van der Waals surface area contributed by atoms with Crippen molar-refractivity contribution in [2.75, 3.05) is 26.5 Å². The first-order valence-electron chi connectivity index (χ1n) is 9.65. The Hall–Kier alpha value is -2.58. The van der Waals surface area contributed by atoms with Gasteiger partial charge in [-0.25, -0.2) is 13.4 Å². The lowest BCUT2D eigenvalue weighted by atomic mass is 10.0. The molecule has 0 unspecified atom stereocenters. The number of aromatic nitrogens is 2. The Bertz CT molecular complexity index is 1110. The SMILES string of the molecule is COc1ccc([C@@H]2CCCN2S(=O)(=O)CCn2cnc3ccccc32)cc1OC. The van der Waals surface area contributed by atoms with E-state index in [1.807, 2.05) is 47.0 Å². The van der Waals surface area contributed by atoms with Gasteiger partial charge in [0, 0.05) is 19.1 Å². The van der Waals surface area contributed by atoms with E-state index in [9.17, 15) is 8.42 Å². The number of para-hydroxylation sites is 2. The van der Waals surface area contributed by atoms with Crippen molar-refractivity contribution < 1.29 is 17.9 Å². The molecular formula is C21H25N3O4S. The van der Waals surface area contributed by atoms with E-state index in [1.54, 1.807) is 24.9 Å². The maximum Gasteiger partial charge on any atom is 0.216 e. The zero-order valence-corrected chi connectivity index (χ0v) is 17.4. The van der Waals surface area contributed by atoms with Crippen molar-refractivity contribution in [3.8, 4) is 11.5 Å². The molecule has 1 aromatic heterocycles. The van der Waals surface area contributed by atoms with Crippen molar-refractivity contribution in [2.24, 2.45) is 0 Å². The third kappa shape index (κ3) is 3.82. The molecule has 0 aliphatic carbocycles. The number of hydrogen-bond donors (Lipinski definition) is 0. The molecule has 1 fully saturated rings. The van der Waals surface area contributed by atoms with Gasteiger partial charge < -0.3 is 14.0 Å². The summed E-state index contributed by atoms with van der Waals surface area (Å²) < 4.78 is 40.5. The maximum atomic E-state index is 13.2. The predicted octanol–water partition coefficient (Wildman–Crippen LogP) is 3.22. The van der Waals surface area contributed by atoms with Crippen LogP contribution in [0.4, 0.5) is 0 Å². The predicted molar refractivity (Wildman–Crippen MR) is 112 cm³/mol. The van der Waals surface area contributed by atoms with Gasteiger partial charge in [0.1, 0.15) is 0 Å². The first-order valence-corrected chi connectivity index (χ1v) is 11.3. The first-order chi connectivity index (χ1) is 14.0. The number of aryl methyl sites for hydroxylation is 1. The molecule has 1 aliphatic heterocycles. The Kier molecular flexibility index (Phi) is 5.47. The zero-order chi connectivity index (χ0) is 20.4. The van der Waals surface area contributed by atoms with Crippen LogP contribution in [0.15, 0.2) is 48.8 Å². The number of ether oxygens (including phenoxy) is 2. The van der Waals surface area contributed by atoms with Crippen LogP contribution in [-0.2, 0) is 16.6 Å². The van der Waals surface area contributed by atoms with Gasteiger partial charge in [0.25, 0.3) is 0 Å². The molecule has 0 bridgehead atoms. The molecule has 3 aromatic rings. The molecule has 7 nitrogen and oxygen atoms in total. The van der Waals surface area contributed by atoms with Crippen molar-refractivity contribution in [3.05, 3.63) is 54.4 Å². The van der Waals surface area contributed by atoms with Crippen molar-refractivity contribution in [3.63, 3.8) is 0 Å². The second-order valence-electron chi connectivity index (χ2n) is 7.13. The molecule has 0 spiro atoms.